The predicted molar refractivity (Wildman–Crippen MR) is 77.4 cm³/mol. The van der Waals surface area contributed by atoms with Crippen LogP contribution >= 0.6 is 0 Å². The Morgan fingerprint density at radius 2 is 1.82 bits per heavy atom. The lowest BCUT2D eigenvalue weighted by atomic mass is 10.2. The van der Waals surface area contributed by atoms with Crippen molar-refractivity contribution < 1.29 is 18.4 Å². The highest BCUT2D eigenvalue weighted by atomic mass is 19.1. The van der Waals surface area contributed by atoms with Crippen LogP contribution in [-0.4, -0.2) is 49.4 Å². The first-order chi connectivity index (χ1) is 10.5. The van der Waals surface area contributed by atoms with Crippen LogP contribution in [0.5, 0.6) is 0 Å². The molecule has 0 spiro atoms. The molecule has 7 heteroatoms. The molecule has 0 bridgehead atoms. The Hall–Kier alpha value is -2.02. The van der Waals surface area contributed by atoms with Gasteiger partial charge in [0.1, 0.15) is 11.6 Å². The molecular weight excluding hydrogens is 292 g/mol. The number of likely N-dealkylation sites (N-methyl/N-ethyl adjacent to an activating group) is 1. The summed E-state index contributed by atoms with van der Waals surface area (Å²) >= 11 is 0. The first kappa shape index (κ1) is 16.4. The molecule has 1 aromatic rings. The van der Waals surface area contributed by atoms with E-state index >= 15 is 0 Å². The maximum Gasteiger partial charge on any atom is 0.251 e. The summed E-state index contributed by atoms with van der Waals surface area (Å²) in [5.41, 5.74) is -0.154. The van der Waals surface area contributed by atoms with E-state index < -0.39 is 17.5 Å². The standard InChI is InChI=1S/C15H19F2N3O2/c1-20(13-2-3-13)5-4-18-14(21)9-19-15(22)10-6-11(16)8-12(17)7-10/h6-8,13H,2-5,9H2,1H3,(H,18,21)(H,19,22). The Morgan fingerprint density at radius 1 is 1.18 bits per heavy atom. The van der Waals surface area contributed by atoms with Gasteiger partial charge in [0.15, 0.2) is 0 Å². The Morgan fingerprint density at radius 3 is 2.41 bits per heavy atom. The molecule has 0 atom stereocenters. The number of amides is 2. The summed E-state index contributed by atoms with van der Waals surface area (Å²) in [5, 5.41) is 5.01. The van der Waals surface area contributed by atoms with E-state index in [4.69, 9.17) is 0 Å². The van der Waals surface area contributed by atoms with Crippen molar-refractivity contribution >= 4 is 11.8 Å². The van der Waals surface area contributed by atoms with Gasteiger partial charge in [-0.3, -0.25) is 9.59 Å². The molecule has 1 aliphatic rings. The van der Waals surface area contributed by atoms with Crippen LogP contribution in [0.4, 0.5) is 8.78 Å². The monoisotopic (exact) mass is 311 g/mol. The van der Waals surface area contributed by atoms with Crippen LogP contribution in [0.15, 0.2) is 18.2 Å². The van der Waals surface area contributed by atoms with Crippen LogP contribution in [0.25, 0.3) is 0 Å². The average molecular weight is 311 g/mol. The molecule has 0 saturated heterocycles. The highest BCUT2D eigenvalue weighted by molar-refractivity contribution is 5.96. The van der Waals surface area contributed by atoms with Gasteiger partial charge in [0, 0.05) is 30.8 Å². The molecule has 1 saturated carbocycles. The van der Waals surface area contributed by atoms with Crippen molar-refractivity contribution in [2.75, 3.05) is 26.7 Å². The van der Waals surface area contributed by atoms with E-state index in [1.807, 2.05) is 7.05 Å². The van der Waals surface area contributed by atoms with Crippen LogP contribution in [0.1, 0.15) is 23.2 Å². The number of nitrogens with zero attached hydrogens (tertiary/aromatic N) is 1. The molecule has 22 heavy (non-hydrogen) atoms. The molecule has 5 nitrogen and oxygen atoms in total. The zero-order chi connectivity index (χ0) is 16.1. The smallest absolute Gasteiger partial charge is 0.251 e. The van der Waals surface area contributed by atoms with Gasteiger partial charge in [0.2, 0.25) is 5.91 Å². The second-order valence-corrected chi connectivity index (χ2v) is 5.40. The number of halogens is 2. The van der Waals surface area contributed by atoms with Crippen molar-refractivity contribution in [3.63, 3.8) is 0 Å². The van der Waals surface area contributed by atoms with E-state index in [1.165, 1.54) is 12.8 Å². The van der Waals surface area contributed by atoms with E-state index in [0.29, 0.717) is 18.7 Å². The molecule has 0 unspecified atom stereocenters. The van der Waals surface area contributed by atoms with Gasteiger partial charge in [-0.05, 0) is 32.0 Å². The molecule has 0 aromatic heterocycles. The minimum Gasteiger partial charge on any atom is -0.353 e. The van der Waals surface area contributed by atoms with Crippen molar-refractivity contribution in [1.29, 1.82) is 0 Å². The number of hydrogen-bond acceptors (Lipinski definition) is 3. The van der Waals surface area contributed by atoms with Gasteiger partial charge < -0.3 is 15.5 Å². The first-order valence-electron chi connectivity index (χ1n) is 7.17. The third-order valence-electron chi connectivity index (χ3n) is 3.49. The molecule has 2 N–H and O–H groups in total. The van der Waals surface area contributed by atoms with Gasteiger partial charge in [-0.1, -0.05) is 0 Å². The summed E-state index contributed by atoms with van der Waals surface area (Å²) in [6.07, 6.45) is 2.40. The molecule has 1 fully saturated rings. The fourth-order valence-electron chi connectivity index (χ4n) is 2.08. The number of hydrogen-bond donors (Lipinski definition) is 2. The summed E-state index contributed by atoms with van der Waals surface area (Å²) in [7, 11) is 2.00. The summed E-state index contributed by atoms with van der Waals surface area (Å²) in [6.45, 7) is 1.01. The Kier molecular flexibility index (Phi) is 5.43. The predicted octanol–water partition coefficient (Wildman–Crippen LogP) is 0.905. The number of nitrogens with one attached hydrogen (secondary N) is 2. The Labute approximate surface area is 127 Å². The number of carbonyl (C=O) groups excluding carboxylic acids is 2. The maximum atomic E-state index is 13.0. The van der Waals surface area contributed by atoms with Crippen LogP contribution < -0.4 is 10.6 Å². The molecule has 1 aromatic carbocycles. The van der Waals surface area contributed by atoms with Gasteiger partial charge in [-0.25, -0.2) is 8.78 Å². The van der Waals surface area contributed by atoms with Gasteiger partial charge >= 0.3 is 0 Å². The van der Waals surface area contributed by atoms with Crippen molar-refractivity contribution in [2.45, 2.75) is 18.9 Å². The SMILES string of the molecule is CN(CCNC(=O)CNC(=O)c1cc(F)cc(F)c1)C1CC1. The fourth-order valence-corrected chi connectivity index (χ4v) is 2.08. The highest BCUT2D eigenvalue weighted by Crippen LogP contribution is 2.24. The second kappa shape index (κ2) is 7.31. The summed E-state index contributed by atoms with van der Waals surface area (Å²) in [4.78, 5) is 25.5. The third kappa shape index (κ3) is 5.07. The van der Waals surface area contributed by atoms with Gasteiger partial charge in [-0.15, -0.1) is 0 Å². The van der Waals surface area contributed by atoms with Crippen molar-refractivity contribution in [3.05, 3.63) is 35.4 Å². The van der Waals surface area contributed by atoms with Crippen molar-refractivity contribution in [3.8, 4) is 0 Å². The molecule has 0 radical (unpaired) electrons. The van der Waals surface area contributed by atoms with E-state index in [1.54, 1.807) is 0 Å². The molecular formula is C15H19F2N3O2. The van der Waals surface area contributed by atoms with Crippen molar-refractivity contribution in [2.24, 2.45) is 0 Å². The number of benzene rings is 1. The molecule has 2 amide bonds. The molecule has 0 aliphatic heterocycles. The number of carbonyl (C=O) groups is 2. The molecule has 0 heterocycles. The second-order valence-electron chi connectivity index (χ2n) is 5.40. The Balaban J connectivity index is 1.69. The zero-order valence-corrected chi connectivity index (χ0v) is 12.4. The summed E-state index contributed by atoms with van der Waals surface area (Å²) in [5.74, 6) is -2.70. The van der Waals surface area contributed by atoms with Crippen LogP contribution in [0, 0.1) is 11.6 Å². The topological polar surface area (TPSA) is 61.4 Å². The van der Waals surface area contributed by atoms with E-state index in [2.05, 4.69) is 15.5 Å². The molecule has 1 aliphatic carbocycles. The largest absolute Gasteiger partial charge is 0.353 e. The molecule has 2 rings (SSSR count). The van der Waals surface area contributed by atoms with E-state index in [-0.39, 0.29) is 18.0 Å². The molecule has 120 valence electrons. The summed E-state index contributed by atoms with van der Waals surface area (Å²) < 4.78 is 26.0. The lowest BCUT2D eigenvalue weighted by molar-refractivity contribution is -0.120. The number of rotatable bonds is 7. The maximum absolute atomic E-state index is 13.0. The van der Waals surface area contributed by atoms with Gasteiger partial charge in [-0.2, -0.15) is 0 Å². The minimum atomic E-state index is -0.835. The fraction of sp³-hybridized carbons (Fsp3) is 0.467. The van der Waals surface area contributed by atoms with E-state index in [9.17, 15) is 18.4 Å². The van der Waals surface area contributed by atoms with Crippen LogP contribution in [-0.2, 0) is 4.79 Å². The van der Waals surface area contributed by atoms with Gasteiger partial charge in [0.05, 0.1) is 6.54 Å². The highest BCUT2D eigenvalue weighted by Gasteiger charge is 2.25. The lowest BCUT2D eigenvalue weighted by Gasteiger charge is -2.15. The first-order valence-corrected chi connectivity index (χ1v) is 7.17. The average Bonchev–Trinajstić information content (AvgIpc) is 3.28. The Bertz CT molecular complexity index is 541. The third-order valence-corrected chi connectivity index (χ3v) is 3.49. The minimum absolute atomic E-state index is 0.154. The van der Waals surface area contributed by atoms with Gasteiger partial charge in [0.25, 0.3) is 5.91 Å². The van der Waals surface area contributed by atoms with Crippen LogP contribution in [0.3, 0.4) is 0 Å². The van der Waals surface area contributed by atoms with Crippen LogP contribution in [0.2, 0.25) is 0 Å². The zero-order valence-electron chi connectivity index (χ0n) is 12.4. The van der Waals surface area contributed by atoms with E-state index in [0.717, 1.165) is 18.7 Å². The van der Waals surface area contributed by atoms with Crippen molar-refractivity contribution in [1.82, 2.24) is 15.5 Å². The lowest BCUT2D eigenvalue weighted by Crippen LogP contribution is -2.40. The normalized spacial score (nSPS) is 14.0. The summed E-state index contributed by atoms with van der Waals surface area (Å²) in [6, 6.07) is 3.14. The quantitative estimate of drug-likeness (QED) is 0.787.